The van der Waals surface area contributed by atoms with E-state index in [1.54, 1.807) is 18.7 Å². The Labute approximate surface area is 124 Å². The third-order valence-electron chi connectivity index (χ3n) is 3.23. The zero-order chi connectivity index (χ0) is 16.2. The Bertz CT molecular complexity index is 583. The van der Waals surface area contributed by atoms with Gasteiger partial charge in [0.2, 0.25) is 0 Å². The van der Waals surface area contributed by atoms with Gasteiger partial charge in [-0.25, -0.2) is 4.79 Å². The van der Waals surface area contributed by atoms with E-state index in [4.69, 9.17) is 5.73 Å². The largest absolute Gasteiger partial charge is 0.389 e. The van der Waals surface area contributed by atoms with E-state index in [0.717, 1.165) is 12.8 Å². The molecule has 0 radical (unpaired) electrons. The molecule has 7 heteroatoms. The molecule has 0 atom stereocenters. The Morgan fingerprint density at radius 1 is 1.33 bits per heavy atom. The molecule has 0 aliphatic rings. The number of likely N-dealkylation sites (N-methyl/N-ethyl adjacent to an activating group) is 1. The summed E-state index contributed by atoms with van der Waals surface area (Å²) in [5.41, 5.74) is 4.30. The van der Waals surface area contributed by atoms with Crippen LogP contribution < -0.4 is 21.9 Å². The third-order valence-corrected chi connectivity index (χ3v) is 3.23. The molecule has 4 N–H and O–H groups in total. The van der Waals surface area contributed by atoms with E-state index in [-0.39, 0.29) is 18.1 Å². The molecule has 0 saturated heterocycles. The summed E-state index contributed by atoms with van der Waals surface area (Å²) in [4.78, 5) is 28.0. The molecular formula is C14H26N4O3. The number of rotatable bonds is 7. The van der Waals surface area contributed by atoms with Crippen molar-refractivity contribution in [3.63, 3.8) is 0 Å². The summed E-state index contributed by atoms with van der Waals surface area (Å²) in [6.45, 7) is 8.42. The molecule has 0 spiro atoms. The molecule has 0 aliphatic heterocycles. The molecule has 0 saturated carbocycles. The summed E-state index contributed by atoms with van der Waals surface area (Å²) in [7, 11) is 0. The summed E-state index contributed by atoms with van der Waals surface area (Å²) in [6, 6.07) is 0. The minimum Gasteiger partial charge on any atom is -0.389 e. The zero-order valence-corrected chi connectivity index (χ0v) is 13.3. The summed E-state index contributed by atoms with van der Waals surface area (Å²) < 4.78 is 1.38. The van der Waals surface area contributed by atoms with Crippen LogP contribution in [-0.2, 0) is 6.54 Å². The van der Waals surface area contributed by atoms with E-state index in [2.05, 4.69) is 4.98 Å². The van der Waals surface area contributed by atoms with Crippen LogP contribution in [0.2, 0.25) is 0 Å². The second kappa shape index (κ2) is 6.80. The Hall–Kier alpha value is -1.76. The molecule has 120 valence electrons. The van der Waals surface area contributed by atoms with Crippen LogP contribution in [0.5, 0.6) is 0 Å². The van der Waals surface area contributed by atoms with E-state index in [0.29, 0.717) is 13.1 Å². The maximum absolute atomic E-state index is 12.1. The molecule has 0 unspecified atom stereocenters. The fourth-order valence-electron chi connectivity index (χ4n) is 2.24. The number of nitrogen functional groups attached to an aromatic ring is 1. The molecule has 0 fully saturated rings. The van der Waals surface area contributed by atoms with Crippen LogP contribution in [0.1, 0.15) is 40.5 Å². The number of aliphatic hydroxyl groups is 1. The molecule has 1 rings (SSSR count). The molecule has 1 aromatic heterocycles. The normalized spacial score (nSPS) is 11.7. The first kappa shape index (κ1) is 17.3. The molecule has 0 aliphatic carbocycles. The summed E-state index contributed by atoms with van der Waals surface area (Å²) in [6.07, 6.45) is 1.72. The van der Waals surface area contributed by atoms with Gasteiger partial charge in [0.1, 0.15) is 11.5 Å². The highest BCUT2D eigenvalue weighted by Gasteiger charge is 2.23. The highest BCUT2D eigenvalue weighted by atomic mass is 16.3. The van der Waals surface area contributed by atoms with Gasteiger partial charge in [0.25, 0.3) is 5.56 Å². The van der Waals surface area contributed by atoms with Crippen molar-refractivity contribution in [3.8, 4) is 0 Å². The molecule has 1 heterocycles. The Morgan fingerprint density at radius 2 is 1.95 bits per heavy atom. The number of aromatic amines is 1. The van der Waals surface area contributed by atoms with Gasteiger partial charge in [0.05, 0.1) is 5.60 Å². The van der Waals surface area contributed by atoms with E-state index in [1.165, 1.54) is 4.57 Å². The van der Waals surface area contributed by atoms with Crippen LogP contribution in [-0.4, -0.2) is 33.3 Å². The van der Waals surface area contributed by atoms with Crippen molar-refractivity contribution in [1.82, 2.24) is 9.55 Å². The summed E-state index contributed by atoms with van der Waals surface area (Å²) >= 11 is 0. The van der Waals surface area contributed by atoms with Gasteiger partial charge >= 0.3 is 5.69 Å². The average molecular weight is 298 g/mol. The van der Waals surface area contributed by atoms with Gasteiger partial charge in [-0.3, -0.25) is 14.3 Å². The lowest BCUT2D eigenvalue weighted by molar-refractivity contribution is 0.0875. The number of nitrogens with two attached hydrogens (primary N) is 1. The van der Waals surface area contributed by atoms with Crippen molar-refractivity contribution in [2.24, 2.45) is 0 Å². The van der Waals surface area contributed by atoms with Crippen molar-refractivity contribution in [3.05, 3.63) is 20.8 Å². The number of nitrogens with zero attached hydrogens (tertiary/aromatic N) is 2. The standard InChI is InChI=1S/C14H26N4O3/c1-5-7-8-18-11(15)10(12(19)16-13(18)20)17(6-2)9-14(3,4)21/h21H,5-9,15H2,1-4H3,(H,16,19,20). The number of hydrogen-bond donors (Lipinski definition) is 3. The smallest absolute Gasteiger partial charge is 0.330 e. The summed E-state index contributed by atoms with van der Waals surface area (Å²) in [5.74, 6) is 0.156. The highest BCUT2D eigenvalue weighted by molar-refractivity contribution is 5.62. The average Bonchev–Trinajstić information content (AvgIpc) is 2.35. The minimum absolute atomic E-state index is 0.156. The maximum Gasteiger partial charge on any atom is 0.330 e. The maximum atomic E-state index is 12.1. The number of unbranched alkanes of at least 4 members (excludes halogenated alkanes) is 1. The number of hydrogen-bond acceptors (Lipinski definition) is 5. The lowest BCUT2D eigenvalue weighted by Gasteiger charge is -2.30. The van der Waals surface area contributed by atoms with Crippen molar-refractivity contribution in [2.75, 3.05) is 23.7 Å². The van der Waals surface area contributed by atoms with Crippen LogP contribution in [0.4, 0.5) is 11.5 Å². The van der Waals surface area contributed by atoms with Crippen LogP contribution in [0.3, 0.4) is 0 Å². The number of H-pyrrole nitrogens is 1. The van der Waals surface area contributed by atoms with E-state index in [1.807, 2.05) is 13.8 Å². The van der Waals surface area contributed by atoms with Crippen LogP contribution >= 0.6 is 0 Å². The lowest BCUT2D eigenvalue weighted by Crippen LogP contribution is -2.44. The second-order valence-electron chi connectivity index (χ2n) is 5.82. The molecule has 0 amide bonds. The Morgan fingerprint density at radius 3 is 2.43 bits per heavy atom. The van der Waals surface area contributed by atoms with Gasteiger partial charge in [0.15, 0.2) is 0 Å². The van der Waals surface area contributed by atoms with Crippen LogP contribution in [0, 0.1) is 0 Å². The minimum atomic E-state index is -0.973. The van der Waals surface area contributed by atoms with E-state index < -0.39 is 16.9 Å². The first-order valence-corrected chi connectivity index (χ1v) is 7.31. The van der Waals surface area contributed by atoms with Crippen LogP contribution in [0.25, 0.3) is 0 Å². The fourth-order valence-corrected chi connectivity index (χ4v) is 2.24. The predicted molar refractivity (Wildman–Crippen MR) is 84.8 cm³/mol. The zero-order valence-electron chi connectivity index (χ0n) is 13.3. The molecule has 0 bridgehead atoms. The molecule has 0 aromatic carbocycles. The lowest BCUT2D eigenvalue weighted by atomic mass is 10.1. The van der Waals surface area contributed by atoms with Gasteiger partial charge < -0.3 is 15.7 Å². The van der Waals surface area contributed by atoms with Crippen LogP contribution in [0.15, 0.2) is 9.59 Å². The van der Waals surface area contributed by atoms with E-state index in [9.17, 15) is 14.7 Å². The van der Waals surface area contributed by atoms with Gasteiger partial charge in [-0.15, -0.1) is 0 Å². The first-order chi connectivity index (χ1) is 9.71. The second-order valence-corrected chi connectivity index (χ2v) is 5.82. The fraction of sp³-hybridized carbons (Fsp3) is 0.714. The van der Waals surface area contributed by atoms with Gasteiger partial charge in [0, 0.05) is 19.6 Å². The Kier molecular flexibility index (Phi) is 5.60. The predicted octanol–water partition coefficient (Wildman–Crippen LogP) is 0.516. The van der Waals surface area contributed by atoms with Crippen molar-refractivity contribution in [2.45, 2.75) is 52.7 Å². The number of nitrogens with one attached hydrogen (secondary N) is 1. The number of anilines is 2. The quantitative estimate of drug-likeness (QED) is 0.680. The summed E-state index contributed by atoms with van der Waals surface area (Å²) in [5, 5.41) is 9.96. The Balaban J connectivity index is 3.34. The van der Waals surface area contributed by atoms with E-state index >= 15 is 0 Å². The third kappa shape index (κ3) is 4.35. The van der Waals surface area contributed by atoms with Crippen molar-refractivity contribution in [1.29, 1.82) is 0 Å². The monoisotopic (exact) mass is 298 g/mol. The van der Waals surface area contributed by atoms with Gasteiger partial charge in [-0.2, -0.15) is 0 Å². The molecular weight excluding hydrogens is 272 g/mol. The first-order valence-electron chi connectivity index (χ1n) is 7.31. The van der Waals surface area contributed by atoms with Crippen molar-refractivity contribution >= 4 is 11.5 Å². The molecule has 1 aromatic rings. The highest BCUT2D eigenvalue weighted by Crippen LogP contribution is 2.19. The SMILES string of the molecule is CCCCn1c(N)c(N(CC)CC(C)(C)O)c(=O)[nH]c1=O. The number of aromatic nitrogens is 2. The van der Waals surface area contributed by atoms with Crippen molar-refractivity contribution < 1.29 is 5.11 Å². The molecule has 21 heavy (non-hydrogen) atoms. The van der Waals surface area contributed by atoms with Gasteiger partial charge in [-0.05, 0) is 27.2 Å². The topological polar surface area (TPSA) is 104 Å². The molecule has 7 nitrogen and oxygen atoms in total. The van der Waals surface area contributed by atoms with Gasteiger partial charge in [-0.1, -0.05) is 13.3 Å².